The quantitative estimate of drug-likeness (QED) is 0.636. The topological polar surface area (TPSA) is 77.8 Å². The third-order valence-electron chi connectivity index (χ3n) is 6.06. The van der Waals surface area contributed by atoms with Crippen LogP contribution in [0, 0.1) is 12.3 Å². The number of benzene rings is 2. The van der Waals surface area contributed by atoms with Crippen molar-refractivity contribution < 1.29 is 20.1 Å². The third kappa shape index (κ3) is 4.95. The zero-order chi connectivity index (χ0) is 21.4. The zero-order valence-corrected chi connectivity index (χ0v) is 17.8. The molecule has 0 aliphatic heterocycles. The van der Waals surface area contributed by atoms with Gasteiger partial charge in [0.15, 0.2) is 12.1 Å². The first kappa shape index (κ1) is 21.7. The van der Waals surface area contributed by atoms with E-state index in [-0.39, 0.29) is 17.6 Å². The number of rotatable bonds is 6. The molecular formula is C25H32O4. The molecule has 1 aliphatic rings. The molecule has 2 aromatic carbocycles. The van der Waals surface area contributed by atoms with E-state index in [9.17, 15) is 20.1 Å². The first-order valence-electron chi connectivity index (χ1n) is 10.4. The van der Waals surface area contributed by atoms with Crippen LogP contribution in [-0.2, 0) is 11.2 Å². The fourth-order valence-corrected chi connectivity index (χ4v) is 4.32. The summed E-state index contributed by atoms with van der Waals surface area (Å²) in [6.07, 6.45) is 3.32. The lowest BCUT2D eigenvalue weighted by Gasteiger charge is -2.34. The first-order chi connectivity index (χ1) is 13.5. The van der Waals surface area contributed by atoms with Gasteiger partial charge in [-0.3, -0.25) is 4.79 Å². The maximum absolute atomic E-state index is 13.0. The van der Waals surface area contributed by atoms with E-state index in [2.05, 4.69) is 13.0 Å². The Kier molecular flexibility index (Phi) is 6.00. The van der Waals surface area contributed by atoms with E-state index >= 15 is 0 Å². The van der Waals surface area contributed by atoms with Gasteiger partial charge in [0.1, 0.15) is 0 Å². The molecule has 0 aromatic heterocycles. The molecule has 0 amide bonds. The predicted octanol–water partition coefficient (Wildman–Crippen LogP) is 4.31. The smallest absolute Gasteiger partial charge is 0.163 e. The van der Waals surface area contributed by atoms with Gasteiger partial charge < -0.3 is 15.3 Å². The van der Waals surface area contributed by atoms with Crippen molar-refractivity contribution >= 4 is 22.1 Å². The van der Waals surface area contributed by atoms with Crippen LogP contribution in [-0.4, -0.2) is 33.0 Å². The van der Waals surface area contributed by atoms with Crippen LogP contribution in [0.3, 0.4) is 0 Å². The second-order valence-corrected chi connectivity index (χ2v) is 9.40. The summed E-state index contributed by atoms with van der Waals surface area (Å²) in [5.41, 5.74) is 2.32. The minimum Gasteiger partial charge on any atom is -0.390 e. The molecule has 0 saturated heterocycles. The molecule has 1 atom stereocenters. The highest BCUT2D eigenvalue weighted by molar-refractivity contribution is 6.25. The Morgan fingerprint density at radius 3 is 2.55 bits per heavy atom. The van der Waals surface area contributed by atoms with E-state index in [1.807, 2.05) is 51.1 Å². The summed E-state index contributed by atoms with van der Waals surface area (Å²) in [7, 11) is 0. The number of aryl methyl sites for hydroxylation is 1. The van der Waals surface area contributed by atoms with E-state index < -0.39 is 11.9 Å². The average Bonchev–Trinajstić information content (AvgIpc) is 2.62. The Hall–Kier alpha value is -2.01. The number of ketones is 1. The van der Waals surface area contributed by atoms with Crippen LogP contribution >= 0.6 is 0 Å². The SMILES string of the molecule is Cc1cc2ccccc2c(C2=CC(C)(CCC(C)(C)O)CCC2=O)c1CC(O)O. The Morgan fingerprint density at radius 1 is 1.21 bits per heavy atom. The Bertz CT molecular complexity index is 949. The molecule has 0 heterocycles. The van der Waals surface area contributed by atoms with Gasteiger partial charge in [-0.1, -0.05) is 43.3 Å². The van der Waals surface area contributed by atoms with Crippen molar-refractivity contribution in [3.63, 3.8) is 0 Å². The molecule has 4 nitrogen and oxygen atoms in total. The number of hydrogen-bond acceptors (Lipinski definition) is 4. The van der Waals surface area contributed by atoms with Gasteiger partial charge >= 0.3 is 0 Å². The summed E-state index contributed by atoms with van der Waals surface area (Å²) < 4.78 is 0. The number of carbonyl (C=O) groups is 1. The lowest BCUT2D eigenvalue weighted by molar-refractivity contribution is -0.114. The third-order valence-corrected chi connectivity index (χ3v) is 6.06. The monoisotopic (exact) mass is 396 g/mol. The van der Waals surface area contributed by atoms with Crippen molar-refractivity contribution in [2.24, 2.45) is 5.41 Å². The van der Waals surface area contributed by atoms with Crippen molar-refractivity contribution in [3.05, 3.63) is 53.1 Å². The molecule has 4 heteroatoms. The molecule has 3 rings (SSSR count). The number of Topliss-reactive ketones (excluding diaryl/α,β-unsaturated/α-hetero) is 1. The standard InChI is InChI=1S/C25H32O4/c1-16-13-17-7-5-6-8-18(17)23(19(16)14-22(27)28)20-15-25(4,10-9-21(20)26)12-11-24(2,3)29/h5-8,13,15,22,27-29H,9-12,14H2,1-4H3. The van der Waals surface area contributed by atoms with Crippen LogP contribution in [0.5, 0.6) is 0 Å². The first-order valence-corrected chi connectivity index (χ1v) is 10.4. The van der Waals surface area contributed by atoms with Crippen molar-refractivity contribution in [2.45, 2.75) is 71.7 Å². The van der Waals surface area contributed by atoms with Gasteiger partial charge in [-0.15, -0.1) is 0 Å². The van der Waals surface area contributed by atoms with Crippen LogP contribution in [0.1, 0.15) is 63.1 Å². The van der Waals surface area contributed by atoms with Crippen LogP contribution in [0.4, 0.5) is 0 Å². The highest BCUT2D eigenvalue weighted by atomic mass is 16.5. The number of carbonyl (C=O) groups excluding carboxylic acids is 1. The molecule has 0 saturated carbocycles. The molecule has 2 aromatic rings. The van der Waals surface area contributed by atoms with Crippen LogP contribution < -0.4 is 0 Å². The maximum Gasteiger partial charge on any atom is 0.163 e. The molecule has 0 spiro atoms. The predicted molar refractivity (Wildman–Crippen MR) is 116 cm³/mol. The Morgan fingerprint density at radius 2 is 1.90 bits per heavy atom. The van der Waals surface area contributed by atoms with Crippen LogP contribution in [0.2, 0.25) is 0 Å². The molecule has 0 radical (unpaired) electrons. The van der Waals surface area contributed by atoms with E-state index in [0.29, 0.717) is 18.4 Å². The molecular weight excluding hydrogens is 364 g/mol. The summed E-state index contributed by atoms with van der Waals surface area (Å²) in [6.45, 7) is 7.71. The number of fused-ring (bicyclic) bond motifs is 1. The van der Waals surface area contributed by atoms with E-state index in [1.54, 1.807) is 0 Å². The van der Waals surface area contributed by atoms with Gasteiger partial charge in [0.2, 0.25) is 0 Å². The number of hydrogen-bond donors (Lipinski definition) is 3. The molecule has 1 aliphatic carbocycles. The molecule has 0 fully saturated rings. The summed E-state index contributed by atoms with van der Waals surface area (Å²) >= 11 is 0. The average molecular weight is 397 g/mol. The lowest BCUT2D eigenvalue weighted by atomic mass is 9.71. The second kappa shape index (κ2) is 8.02. The minimum absolute atomic E-state index is 0.0804. The Labute approximate surface area is 172 Å². The fraction of sp³-hybridized carbons (Fsp3) is 0.480. The second-order valence-electron chi connectivity index (χ2n) is 9.40. The van der Waals surface area contributed by atoms with Crippen molar-refractivity contribution in [3.8, 4) is 0 Å². The van der Waals surface area contributed by atoms with Crippen molar-refractivity contribution in [1.82, 2.24) is 0 Å². The van der Waals surface area contributed by atoms with E-state index in [1.165, 1.54) is 0 Å². The van der Waals surface area contributed by atoms with Gasteiger partial charge in [0.05, 0.1) is 5.60 Å². The largest absolute Gasteiger partial charge is 0.390 e. The summed E-state index contributed by atoms with van der Waals surface area (Å²) in [5, 5.41) is 31.6. The van der Waals surface area contributed by atoms with Gasteiger partial charge in [0.25, 0.3) is 0 Å². The normalized spacial score (nSPS) is 20.4. The maximum atomic E-state index is 13.0. The van der Waals surface area contributed by atoms with Gasteiger partial charge in [0, 0.05) is 18.4 Å². The van der Waals surface area contributed by atoms with Crippen LogP contribution in [0.15, 0.2) is 36.4 Å². The number of allylic oxidation sites excluding steroid dienone is 2. The Balaban J connectivity index is 2.20. The number of aliphatic hydroxyl groups is 3. The summed E-state index contributed by atoms with van der Waals surface area (Å²) in [4.78, 5) is 13.0. The molecule has 0 bridgehead atoms. The summed E-state index contributed by atoms with van der Waals surface area (Å²) in [6, 6.07) is 9.97. The molecule has 156 valence electrons. The van der Waals surface area contributed by atoms with E-state index in [4.69, 9.17) is 0 Å². The molecule has 3 N–H and O–H groups in total. The van der Waals surface area contributed by atoms with Crippen LogP contribution in [0.25, 0.3) is 16.3 Å². The van der Waals surface area contributed by atoms with Crippen molar-refractivity contribution in [1.29, 1.82) is 0 Å². The fourth-order valence-electron chi connectivity index (χ4n) is 4.32. The molecule has 29 heavy (non-hydrogen) atoms. The summed E-state index contributed by atoms with van der Waals surface area (Å²) in [5.74, 6) is 0.0927. The highest BCUT2D eigenvalue weighted by Crippen LogP contribution is 2.43. The zero-order valence-electron chi connectivity index (χ0n) is 17.8. The van der Waals surface area contributed by atoms with Gasteiger partial charge in [-0.25, -0.2) is 0 Å². The van der Waals surface area contributed by atoms with Crippen molar-refractivity contribution in [2.75, 3.05) is 0 Å². The van der Waals surface area contributed by atoms with E-state index in [0.717, 1.165) is 40.3 Å². The number of aliphatic hydroxyl groups excluding tert-OH is 1. The molecule has 1 unspecified atom stereocenters. The minimum atomic E-state index is -1.48. The highest BCUT2D eigenvalue weighted by Gasteiger charge is 2.33. The lowest BCUT2D eigenvalue weighted by Crippen LogP contribution is -2.27. The van der Waals surface area contributed by atoms with Gasteiger partial charge in [-0.05, 0) is 72.9 Å². The van der Waals surface area contributed by atoms with Gasteiger partial charge in [-0.2, -0.15) is 0 Å².